The summed E-state index contributed by atoms with van der Waals surface area (Å²) in [5.74, 6) is 2.48. The van der Waals surface area contributed by atoms with Crippen LogP contribution in [0.4, 0.5) is 0 Å². The first-order valence-corrected chi connectivity index (χ1v) is 8.23. The van der Waals surface area contributed by atoms with Gasteiger partial charge in [0.2, 0.25) is 5.89 Å². The zero-order valence-corrected chi connectivity index (χ0v) is 14.7. The van der Waals surface area contributed by atoms with Crippen molar-refractivity contribution in [3.8, 4) is 0 Å². The number of nitrogens with zero attached hydrogens (tertiary/aromatic N) is 2. The van der Waals surface area contributed by atoms with Crippen molar-refractivity contribution >= 4 is 23.2 Å². The normalized spacial score (nSPS) is 20.6. The number of rotatable bonds is 5. The highest BCUT2D eigenvalue weighted by Crippen LogP contribution is 2.54. The van der Waals surface area contributed by atoms with Crippen LogP contribution in [0.2, 0.25) is 0 Å². The van der Waals surface area contributed by atoms with Crippen LogP contribution in [0.3, 0.4) is 0 Å². The second-order valence-corrected chi connectivity index (χ2v) is 6.50. The van der Waals surface area contributed by atoms with Crippen LogP contribution < -0.4 is 5.32 Å². The minimum Gasteiger partial charge on any atom is -0.339 e. The predicted octanol–water partition coefficient (Wildman–Crippen LogP) is 4.07. The van der Waals surface area contributed by atoms with Crippen LogP contribution in [0.25, 0.3) is 10.8 Å². The average Bonchev–Trinajstić information content (AvgIpc) is 3.26. The fourth-order valence-electron chi connectivity index (χ4n) is 3.15. The van der Waals surface area contributed by atoms with Crippen LogP contribution in [0.1, 0.15) is 42.5 Å². The molecule has 24 heavy (non-hydrogen) atoms. The third kappa shape index (κ3) is 3.30. The summed E-state index contributed by atoms with van der Waals surface area (Å²) in [7, 11) is 1.95. The minimum absolute atomic E-state index is 0. The number of hydrogen-bond donors (Lipinski definition) is 1. The Morgan fingerprint density at radius 2 is 1.96 bits per heavy atom. The van der Waals surface area contributed by atoms with Gasteiger partial charge in [0.25, 0.3) is 0 Å². The van der Waals surface area contributed by atoms with Crippen LogP contribution in [-0.4, -0.2) is 23.2 Å². The number of hydrogen-bond acceptors (Lipinski definition) is 4. The monoisotopic (exact) mass is 343 g/mol. The Morgan fingerprint density at radius 3 is 2.75 bits per heavy atom. The van der Waals surface area contributed by atoms with Gasteiger partial charge in [0.05, 0.1) is 0 Å². The van der Waals surface area contributed by atoms with Crippen LogP contribution in [0.15, 0.2) is 47.0 Å². The molecule has 0 amide bonds. The lowest BCUT2D eigenvalue weighted by Crippen LogP contribution is -2.24. The molecular weight excluding hydrogens is 322 g/mol. The van der Waals surface area contributed by atoms with E-state index in [-0.39, 0.29) is 12.4 Å². The molecule has 1 aliphatic rings. The minimum atomic E-state index is 0. The topological polar surface area (TPSA) is 51.0 Å². The highest BCUT2D eigenvalue weighted by molar-refractivity contribution is 5.85. The molecule has 1 heterocycles. The zero-order valence-electron chi connectivity index (χ0n) is 13.9. The van der Waals surface area contributed by atoms with Gasteiger partial charge in [-0.15, -0.1) is 12.4 Å². The largest absolute Gasteiger partial charge is 0.339 e. The molecule has 4 rings (SSSR count). The molecule has 1 N–H and O–H groups in total. The summed E-state index contributed by atoms with van der Waals surface area (Å²) < 4.78 is 5.48. The number of benzene rings is 2. The zero-order chi connectivity index (χ0) is 15.8. The summed E-state index contributed by atoms with van der Waals surface area (Å²) in [5, 5.41) is 9.90. The number of halogens is 1. The molecule has 1 aromatic heterocycles. The SMILES string of the molecule is CNC(C)Cc1noc(C2CC2c2ccc3ccccc3c2)n1.Cl. The molecule has 4 nitrogen and oxygen atoms in total. The maximum atomic E-state index is 5.48. The summed E-state index contributed by atoms with van der Waals surface area (Å²) in [4.78, 5) is 4.58. The van der Waals surface area contributed by atoms with E-state index in [9.17, 15) is 0 Å². The third-order valence-electron chi connectivity index (χ3n) is 4.77. The lowest BCUT2D eigenvalue weighted by Gasteiger charge is -2.04. The van der Waals surface area contributed by atoms with E-state index < -0.39 is 0 Å². The van der Waals surface area contributed by atoms with Crippen molar-refractivity contribution in [1.82, 2.24) is 15.5 Å². The molecule has 1 saturated carbocycles. The van der Waals surface area contributed by atoms with E-state index in [0.717, 1.165) is 24.6 Å². The van der Waals surface area contributed by atoms with Crippen molar-refractivity contribution in [3.05, 3.63) is 59.7 Å². The van der Waals surface area contributed by atoms with Gasteiger partial charge in [-0.05, 0) is 42.6 Å². The Labute approximate surface area is 148 Å². The molecule has 1 aliphatic carbocycles. The van der Waals surface area contributed by atoms with Gasteiger partial charge in [-0.3, -0.25) is 0 Å². The van der Waals surface area contributed by atoms with Gasteiger partial charge in [-0.2, -0.15) is 4.98 Å². The van der Waals surface area contributed by atoms with Crippen molar-refractivity contribution in [3.63, 3.8) is 0 Å². The standard InChI is InChI=1S/C19H21N3O.ClH/c1-12(20-2)9-18-21-19(23-22-18)17-11-16(17)15-8-7-13-5-3-4-6-14(13)10-15;/h3-8,10,12,16-17,20H,9,11H2,1-2H3;1H. The maximum absolute atomic E-state index is 5.48. The Hall–Kier alpha value is -1.91. The first kappa shape index (κ1) is 16.9. The van der Waals surface area contributed by atoms with E-state index in [2.05, 4.69) is 64.8 Å². The fourth-order valence-corrected chi connectivity index (χ4v) is 3.15. The van der Waals surface area contributed by atoms with Gasteiger partial charge in [0.1, 0.15) is 0 Å². The lowest BCUT2D eigenvalue weighted by atomic mass is 10.0. The van der Waals surface area contributed by atoms with Gasteiger partial charge < -0.3 is 9.84 Å². The average molecular weight is 344 g/mol. The van der Waals surface area contributed by atoms with Gasteiger partial charge in [0, 0.05) is 18.4 Å². The molecule has 1 fully saturated rings. The molecule has 3 atom stereocenters. The molecule has 0 saturated heterocycles. The van der Waals surface area contributed by atoms with Crippen LogP contribution in [-0.2, 0) is 6.42 Å². The molecule has 3 aromatic rings. The lowest BCUT2D eigenvalue weighted by molar-refractivity contribution is 0.371. The highest BCUT2D eigenvalue weighted by Gasteiger charge is 2.43. The quantitative estimate of drug-likeness (QED) is 0.758. The molecule has 3 unspecified atom stereocenters. The van der Waals surface area contributed by atoms with E-state index in [1.807, 2.05) is 7.05 Å². The number of nitrogens with one attached hydrogen (secondary N) is 1. The summed E-state index contributed by atoms with van der Waals surface area (Å²) in [5.41, 5.74) is 1.37. The van der Waals surface area contributed by atoms with Gasteiger partial charge in [0.15, 0.2) is 5.82 Å². The smallest absolute Gasteiger partial charge is 0.230 e. The van der Waals surface area contributed by atoms with Crippen LogP contribution in [0.5, 0.6) is 0 Å². The second kappa shape index (κ2) is 6.91. The molecule has 5 heteroatoms. The van der Waals surface area contributed by atoms with Crippen molar-refractivity contribution in [1.29, 1.82) is 0 Å². The second-order valence-electron chi connectivity index (χ2n) is 6.50. The van der Waals surface area contributed by atoms with E-state index in [0.29, 0.717) is 17.9 Å². The summed E-state index contributed by atoms with van der Waals surface area (Å²) in [6, 6.07) is 15.6. The molecule has 2 aromatic carbocycles. The highest BCUT2D eigenvalue weighted by atomic mass is 35.5. The maximum Gasteiger partial charge on any atom is 0.230 e. The first-order chi connectivity index (χ1) is 11.2. The Bertz CT molecular complexity index is 832. The number of fused-ring (bicyclic) bond motifs is 1. The van der Waals surface area contributed by atoms with E-state index in [1.165, 1.54) is 16.3 Å². The summed E-state index contributed by atoms with van der Waals surface area (Å²) in [6.45, 7) is 2.12. The molecule has 0 spiro atoms. The van der Waals surface area contributed by atoms with Crippen LogP contribution in [0, 0.1) is 0 Å². The Balaban J connectivity index is 0.00000169. The van der Waals surface area contributed by atoms with E-state index in [4.69, 9.17) is 4.52 Å². The first-order valence-electron chi connectivity index (χ1n) is 8.23. The van der Waals surface area contributed by atoms with Gasteiger partial charge in [-0.25, -0.2) is 0 Å². The van der Waals surface area contributed by atoms with E-state index >= 15 is 0 Å². The van der Waals surface area contributed by atoms with E-state index in [1.54, 1.807) is 0 Å². The number of aromatic nitrogens is 2. The van der Waals surface area contributed by atoms with Crippen molar-refractivity contribution in [2.45, 2.75) is 37.6 Å². The molecule has 0 bridgehead atoms. The Morgan fingerprint density at radius 1 is 1.17 bits per heavy atom. The summed E-state index contributed by atoms with van der Waals surface area (Å²) in [6.07, 6.45) is 1.90. The van der Waals surface area contributed by atoms with Gasteiger partial charge >= 0.3 is 0 Å². The fraction of sp³-hybridized carbons (Fsp3) is 0.368. The van der Waals surface area contributed by atoms with Crippen LogP contribution >= 0.6 is 12.4 Å². The number of likely N-dealkylation sites (N-methyl/N-ethyl adjacent to an activating group) is 1. The van der Waals surface area contributed by atoms with Crippen molar-refractivity contribution in [2.75, 3.05) is 7.05 Å². The van der Waals surface area contributed by atoms with Crippen molar-refractivity contribution < 1.29 is 4.52 Å². The molecule has 126 valence electrons. The van der Waals surface area contributed by atoms with Gasteiger partial charge in [-0.1, -0.05) is 47.6 Å². The molecule has 0 aliphatic heterocycles. The Kier molecular flexibility index (Phi) is 4.88. The third-order valence-corrected chi connectivity index (χ3v) is 4.77. The summed E-state index contributed by atoms with van der Waals surface area (Å²) >= 11 is 0. The molecule has 0 radical (unpaired) electrons. The van der Waals surface area contributed by atoms with Crippen molar-refractivity contribution in [2.24, 2.45) is 0 Å². The molecular formula is C19H22ClN3O. The predicted molar refractivity (Wildman–Crippen MR) is 97.8 cm³/mol.